The van der Waals surface area contributed by atoms with E-state index >= 15 is 0 Å². The molecule has 0 aliphatic carbocycles. The fourth-order valence-electron chi connectivity index (χ4n) is 2.62. The number of nitrogens with one attached hydrogen (secondary N) is 1. The molecule has 0 amide bonds. The lowest BCUT2D eigenvalue weighted by Gasteiger charge is -2.15. The van der Waals surface area contributed by atoms with Gasteiger partial charge in [0.2, 0.25) is 0 Å². The maximum atomic E-state index is 4.77. The molecular formula is C16H20N4S. The van der Waals surface area contributed by atoms with E-state index in [0.29, 0.717) is 0 Å². The molecule has 3 rings (SSSR count). The van der Waals surface area contributed by atoms with Gasteiger partial charge in [0.25, 0.3) is 0 Å². The minimum atomic E-state index is 0.275. The van der Waals surface area contributed by atoms with Crippen LogP contribution in [0.15, 0.2) is 30.5 Å². The highest BCUT2D eigenvalue weighted by atomic mass is 32.1. The number of aryl methyl sites for hydroxylation is 2. The Kier molecular flexibility index (Phi) is 4.03. The third kappa shape index (κ3) is 2.84. The number of likely N-dealkylation sites (N-methyl/N-ethyl adjacent to an activating group) is 1. The van der Waals surface area contributed by atoms with E-state index in [0.717, 1.165) is 29.3 Å². The molecular weight excluding hydrogens is 280 g/mol. The molecule has 1 aromatic carbocycles. The summed E-state index contributed by atoms with van der Waals surface area (Å²) in [4.78, 5) is 10.4. The highest BCUT2D eigenvalue weighted by Crippen LogP contribution is 2.25. The summed E-state index contributed by atoms with van der Waals surface area (Å²) in [6, 6.07) is 8.55. The van der Waals surface area contributed by atoms with Crippen LogP contribution >= 0.6 is 11.3 Å². The Morgan fingerprint density at radius 2 is 2.14 bits per heavy atom. The number of hydrogen-bond donors (Lipinski definition) is 1. The minimum Gasteiger partial charge on any atom is -0.331 e. The van der Waals surface area contributed by atoms with E-state index in [9.17, 15) is 0 Å². The average Bonchev–Trinajstić information content (AvgIpc) is 3.04. The van der Waals surface area contributed by atoms with Crippen molar-refractivity contribution in [2.24, 2.45) is 7.05 Å². The Hall–Kier alpha value is -1.72. The van der Waals surface area contributed by atoms with Crippen LogP contribution < -0.4 is 5.32 Å². The first-order valence-electron chi connectivity index (χ1n) is 7.25. The Labute approximate surface area is 128 Å². The SMILES string of the molecule is CCNC(Cc1nc2ccccc2n1C)c1cnc(C)s1. The summed E-state index contributed by atoms with van der Waals surface area (Å²) >= 11 is 1.76. The summed E-state index contributed by atoms with van der Waals surface area (Å²) in [6.45, 7) is 5.12. The minimum absolute atomic E-state index is 0.275. The van der Waals surface area contributed by atoms with E-state index in [2.05, 4.69) is 47.0 Å². The smallest absolute Gasteiger partial charge is 0.111 e. The van der Waals surface area contributed by atoms with E-state index in [1.54, 1.807) is 11.3 Å². The second-order valence-corrected chi connectivity index (χ2v) is 6.44. The lowest BCUT2D eigenvalue weighted by atomic mass is 10.1. The van der Waals surface area contributed by atoms with Gasteiger partial charge in [-0.05, 0) is 25.6 Å². The average molecular weight is 300 g/mol. The number of aromatic nitrogens is 3. The molecule has 1 unspecified atom stereocenters. The molecule has 2 aromatic heterocycles. The molecule has 0 bridgehead atoms. The Morgan fingerprint density at radius 1 is 1.33 bits per heavy atom. The van der Waals surface area contributed by atoms with Crippen LogP contribution in [0.4, 0.5) is 0 Å². The molecule has 4 nitrogen and oxygen atoms in total. The molecule has 0 aliphatic rings. The van der Waals surface area contributed by atoms with Crippen LogP contribution in [0.25, 0.3) is 11.0 Å². The highest BCUT2D eigenvalue weighted by Gasteiger charge is 2.17. The van der Waals surface area contributed by atoms with Crippen molar-refractivity contribution in [3.63, 3.8) is 0 Å². The maximum Gasteiger partial charge on any atom is 0.111 e. The topological polar surface area (TPSA) is 42.7 Å². The quantitative estimate of drug-likeness (QED) is 0.786. The molecule has 0 aliphatic heterocycles. The van der Waals surface area contributed by atoms with Crippen molar-refractivity contribution >= 4 is 22.4 Å². The molecule has 2 heterocycles. The number of benzene rings is 1. The molecule has 5 heteroatoms. The summed E-state index contributed by atoms with van der Waals surface area (Å²) in [5.74, 6) is 1.10. The lowest BCUT2D eigenvalue weighted by molar-refractivity contribution is 0.537. The van der Waals surface area contributed by atoms with E-state index in [-0.39, 0.29) is 6.04 Å². The molecule has 21 heavy (non-hydrogen) atoms. The van der Waals surface area contributed by atoms with Crippen molar-refractivity contribution < 1.29 is 0 Å². The van der Waals surface area contributed by atoms with Gasteiger partial charge in [-0.15, -0.1) is 11.3 Å². The van der Waals surface area contributed by atoms with Gasteiger partial charge >= 0.3 is 0 Å². The molecule has 1 N–H and O–H groups in total. The van der Waals surface area contributed by atoms with Crippen molar-refractivity contribution in [1.82, 2.24) is 19.9 Å². The van der Waals surface area contributed by atoms with Crippen LogP contribution in [0.2, 0.25) is 0 Å². The second-order valence-electron chi connectivity index (χ2n) is 5.17. The number of para-hydroxylation sites is 2. The van der Waals surface area contributed by atoms with E-state index in [1.165, 1.54) is 10.4 Å². The zero-order valence-corrected chi connectivity index (χ0v) is 13.4. The van der Waals surface area contributed by atoms with Crippen molar-refractivity contribution in [2.75, 3.05) is 6.54 Å². The number of nitrogens with zero attached hydrogens (tertiary/aromatic N) is 3. The van der Waals surface area contributed by atoms with Gasteiger partial charge in [-0.2, -0.15) is 0 Å². The summed E-state index contributed by atoms with van der Waals surface area (Å²) in [5, 5.41) is 4.66. The largest absolute Gasteiger partial charge is 0.331 e. The normalized spacial score (nSPS) is 12.9. The van der Waals surface area contributed by atoms with E-state index in [1.807, 2.05) is 19.2 Å². The first-order valence-corrected chi connectivity index (χ1v) is 8.06. The van der Waals surface area contributed by atoms with Gasteiger partial charge in [-0.25, -0.2) is 9.97 Å². The molecule has 110 valence electrons. The van der Waals surface area contributed by atoms with E-state index in [4.69, 9.17) is 4.98 Å². The van der Waals surface area contributed by atoms with Gasteiger partial charge in [0.15, 0.2) is 0 Å². The third-order valence-electron chi connectivity index (χ3n) is 3.70. The van der Waals surface area contributed by atoms with Gasteiger partial charge in [0.05, 0.1) is 22.1 Å². The van der Waals surface area contributed by atoms with Crippen LogP contribution in [0, 0.1) is 6.92 Å². The summed E-state index contributed by atoms with van der Waals surface area (Å²) in [7, 11) is 2.09. The monoisotopic (exact) mass is 300 g/mol. The molecule has 0 saturated carbocycles. The summed E-state index contributed by atoms with van der Waals surface area (Å²) in [5.41, 5.74) is 2.24. The number of thiazole rings is 1. The summed E-state index contributed by atoms with van der Waals surface area (Å²) in [6.07, 6.45) is 2.86. The Bertz CT molecular complexity index is 744. The Balaban J connectivity index is 1.92. The number of rotatable bonds is 5. The predicted octanol–water partition coefficient (Wildman–Crippen LogP) is 3.23. The lowest BCUT2D eigenvalue weighted by Crippen LogP contribution is -2.23. The highest BCUT2D eigenvalue weighted by molar-refractivity contribution is 7.11. The van der Waals surface area contributed by atoms with Gasteiger partial charge in [0, 0.05) is 24.5 Å². The molecule has 3 aromatic rings. The standard InChI is InChI=1S/C16H20N4S/c1-4-17-13(15-10-18-11(2)21-15)9-16-19-12-7-5-6-8-14(12)20(16)3/h5-8,10,13,17H,4,9H2,1-3H3. The van der Waals surface area contributed by atoms with Crippen molar-refractivity contribution in [2.45, 2.75) is 26.3 Å². The zero-order chi connectivity index (χ0) is 14.8. The fourth-order valence-corrected chi connectivity index (χ4v) is 3.48. The van der Waals surface area contributed by atoms with Gasteiger partial charge < -0.3 is 9.88 Å². The van der Waals surface area contributed by atoms with Crippen molar-refractivity contribution in [3.8, 4) is 0 Å². The van der Waals surface area contributed by atoms with Crippen LogP contribution in [0.3, 0.4) is 0 Å². The third-order valence-corrected chi connectivity index (χ3v) is 4.73. The second kappa shape index (κ2) is 5.95. The predicted molar refractivity (Wildman–Crippen MR) is 87.7 cm³/mol. The van der Waals surface area contributed by atoms with Crippen LogP contribution in [0.5, 0.6) is 0 Å². The molecule has 0 radical (unpaired) electrons. The molecule has 1 atom stereocenters. The van der Waals surface area contributed by atoms with Crippen molar-refractivity contribution in [1.29, 1.82) is 0 Å². The number of hydrogen-bond acceptors (Lipinski definition) is 4. The van der Waals surface area contributed by atoms with Gasteiger partial charge in [-0.1, -0.05) is 19.1 Å². The Morgan fingerprint density at radius 3 is 2.81 bits per heavy atom. The number of fused-ring (bicyclic) bond motifs is 1. The van der Waals surface area contributed by atoms with Crippen LogP contribution in [-0.2, 0) is 13.5 Å². The molecule has 0 fully saturated rings. The summed E-state index contributed by atoms with van der Waals surface area (Å²) < 4.78 is 2.19. The van der Waals surface area contributed by atoms with Crippen LogP contribution in [-0.4, -0.2) is 21.1 Å². The van der Waals surface area contributed by atoms with Gasteiger partial charge in [0.1, 0.15) is 5.82 Å². The zero-order valence-electron chi connectivity index (χ0n) is 12.6. The van der Waals surface area contributed by atoms with Crippen molar-refractivity contribution in [3.05, 3.63) is 46.2 Å². The van der Waals surface area contributed by atoms with Gasteiger partial charge in [-0.3, -0.25) is 0 Å². The molecule has 0 saturated heterocycles. The number of imidazole rings is 1. The molecule has 0 spiro atoms. The fraction of sp³-hybridized carbons (Fsp3) is 0.375. The van der Waals surface area contributed by atoms with E-state index < -0.39 is 0 Å². The maximum absolute atomic E-state index is 4.77. The first-order chi connectivity index (χ1) is 10.2. The van der Waals surface area contributed by atoms with Crippen LogP contribution in [0.1, 0.15) is 28.7 Å². The first kappa shape index (κ1) is 14.2.